The lowest BCUT2D eigenvalue weighted by Crippen LogP contribution is -2.42. The highest BCUT2D eigenvalue weighted by Gasteiger charge is 2.27. The van der Waals surface area contributed by atoms with Gasteiger partial charge in [0.1, 0.15) is 12.4 Å². The van der Waals surface area contributed by atoms with Gasteiger partial charge >= 0.3 is 0 Å². The molecule has 2 N–H and O–H groups in total. The molecule has 1 aliphatic heterocycles. The summed E-state index contributed by atoms with van der Waals surface area (Å²) in [4.78, 5) is 12.1. The van der Waals surface area contributed by atoms with E-state index in [1.165, 1.54) is 12.3 Å². The Balaban J connectivity index is 1.64. The molecule has 0 saturated heterocycles. The van der Waals surface area contributed by atoms with E-state index in [4.69, 9.17) is 21.1 Å². The summed E-state index contributed by atoms with van der Waals surface area (Å²) in [6.45, 7) is 0.0896. The molecule has 0 radical (unpaired) electrons. The van der Waals surface area contributed by atoms with Crippen molar-refractivity contribution in [2.45, 2.75) is 6.10 Å². The molecule has 0 spiro atoms. The first-order chi connectivity index (χ1) is 11.5. The normalized spacial score (nSPS) is 16.2. The van der Waals surface area contributed by atoms with Crippen LogP contribution in [-0.2, 0) is 4.79 Å². The van der Waals surface area contributed by atoms with Crippen LogP contribution in [0.3, 0.4) is 0 Å². The minimum absolute atomic E-state index is 0.0245. The molecule has 2 aromatic carbocycles. The number of amides is 1. The van der Waals surface area contributed by atoms with Crippen molar-refractivity contribution in [1.82, 2.24) is 5.43 Å². The third-order valence-electron chi connectivity index (χ3n) is 3.24. The van der Waals surface area contributed by atoms with Crippen LogP contribution in [0.15, 0.2) is 46.0 Å². The second-order valence-corrected chi connectivity index (χ2v) is 6.21. The van der Waals surface area contributed by atoms with E-state index in [0.29, 0.717) is 26.6 Å². The molecule has 1 amide bonds. The van der Waals surface area contributed by atoms with Crippen LogP contribution in [0.4, 0.5) is 0 Å². The number of carbonyl (C=O) groups is 1. The molecule has 24 heavy (non-hydrogen) atoms. The fourth-order valence-electron chi connectivity index (χ4n) is 2.07. The molecule has 0 unspecified atom stereocenters. The van der Waals surface area contributed by atoms with Crippen LogP contribution in [0.1, 0.15) is 5.56 Å². The molecule has 1 atom stereocenters. The minimum Gasteiger partial charge on any atom is -0.506 e. The summed E-state index contributed by atoms with van der Waals surface area (Å²) in [5.74, 6) is 0.618. The summed E-state index contributed by atoms with van der Waals surface area (Å²) in [6.07, 6.45) is 0.485. The molecule has 2 aromatic rings. The average molecular weight is 412 g/mol. The molecule has 8 heteroatoms. The molecule has 3 rings (SSSR count). The predicted molar refractivity (Wildman–Crippen MR) is 92.9 cm³/mol. The smallest absolute Gasteiger partial charge is 0.284 e. The number of halogens is 2. The molecule has 0 fully saturated rings. The number of carbonyl (C=O) groups excluding carboxylic acids is 1. The number of phenolic OH excluding ortho intramolecular Hbond substituents is 1. The summed E-state index contributed by atoms with van der Waals surface area (Å²) in [6, 6.07) is 10.2. The second kappa shape index (κ2) is 7.11. The zero-order valence-corrected chi connectivity index (χ0v) is 14.5. The van der Waals surface area contributed by atoms with Crippen molar-refractivity contribution >= 4 is 39.7 Å². The number of rotatable bonds is 3. The Morgan fingerprint density at radius 2 is 2.12 bits per heavy atom. The van der Waals surface area contributed by atoms with Gasteiger partial charge in [-0.25, -0.2) is 5.43 Å². The zero-order valence-electron chi connectivity index (χ0n) is 12.2. The summed E-state index contributed by atoms with van der Waals surface area (Å²) in [5.41, 5.74) is 2.72. The Morgan fingerprint density at radius 3 is 2.92 bits per heavy atom. The SMILES string of the molecule is O=C(N/N=C/c1cc(Cl)cc(Br)c1O)[C@H]1COc2ccccc2O1. The number of benzene rings is 2. The fraction of sp³-hybridized carbons (Fsp3) is 0.125. The van der Waals surface area contributed by atoms with E-state index in [1.807, 2.05) is 6.07 Å². The van der Waals surface area contributed by atoms with Crippen LogP contribution in [0.5, 0.6) is 17.2 Å². The Morgan fingerprint density at radius 1 is 1.38 bits per heavy atom. The monoisotopic (exact) mass is 410 g/mol. The van der Waals surface area contributed by atoms with E-state index < -0.39 is 12.0 Å². The molecule has 124 valence electrons. The maximum absolute atomic E-state index is 12.1. The van der Waals surface area contributed by atoms with Gasteiger partial charge in [-0.15, -0.1) is 0 Å². The lowest BCUT2D eigenvalue weighted by Gasteiger charge is -2.24. The number of fused-ring (bicyclic) bond motifs is 1. The Kier molecular flexibility index (Phi) is 4.92. The Labute approximate surface area is 151 Å². The molecular weight excluding hydrogens is 400 g/mol. The maximum Gasteiger partial charge on any atom is 0.284 e. The zero-order chi connectivity index (χ0) is 17.1. The van der Waals surface area contributed by atoms with Crippen LogP contribution < -0.4 is 14.9 Å². The number of para-hydroxylation sites is 2. The standard InChI is InChI=1S/C16H12BrClN2O4/c17-11-6-10(18)5-9(15(11)21)7-19-20-16(22)14-8-23-12-3-1-2-4-13(12)24-14/h1-7,14,21H,8H2,(H,20,22)/b19-7+/t14-/m1/s1. The van der Waals surface area contributed by atoms with E-state index in [1.54, 1.807) is 24.3 Å². The van der Waals surface area contributed by atoms with Gasteiger partial charge in [-0.2, -0.15) is 5.10 Å². The van der Waals surface area contributed by atoms with E-state index in [0.717, 1.165) is 0 Å². The summed E-state index contributed by atoms with van der Waals surface area (Å²) in [7, 11) is 0. The van der Waals surface area contributed by atoms with E-state index in [9.17, 15) is 9.90 Å². The summed E-state index contributed by atoms with van der Waals surface area (Å²) < 4.78 is 11.5. The van der Waals surface area contributed by atoms with Crippen molar-refractivity contribution in [3.63, 3.8) is 0 Å². The molecule has 0 aliphatic carbocycles. The van der Waals surface area contributed by atoms with Gasteiger partial charge in [0.15, 0.2) is 11.5 Å². The summed E-state index contributed by atoms with van der Waals surface area (Å²) >= 11 is 9.08. The molecule has 1 heterocycles. The molecule has 0 bridgehead atoms. The Bertz CT molecular complexity index is 813. The lowest BCUT2D eigenvalue weighted by atomic mass is 10.2. The third kappa shape index (κ3) is 3.63. The first-order valence-electron chi connectivity index (χ1n) is 6.94. The highest BCUT2D eigenvalue weighted by Crippen LogP contribution is 2.31. The minimum atomic E-state index is -0.809. The van der Waals surface area contributed by atoms with Gasteiger partial charge in [0.05, 0.1) is 10.7 Å². The van der Waals surface area contributed by atoms with Crippen molar-refractivity contribution < 1.29 is 19.4 Å². The number of hydrogen-bond acceptors (Lipinski definition) is 5. The van der Waals surface area contributed by atoms with Crippen LogP contribution in [-0.4, -0.2) is 29.9 Å². The molecule has 1 aliphatic rings. The third-order valence-corrected chi connectivity index (χ3v) is 4.06. The van der Waals surface area contributed by atoms with E-state index in [2.05, 4.69) is 26.5 Å². The number of nitrogens with one attached hydrogen (secondary N) is 1. The first kappa shape index (κ1) is 16.6. The van der Waals surface area contributed by atoms with Crippen molar-refractivity contribution in [2.75, 3.05) is 6.61 Å². The number of ether oxygens (including phenoxy) is 2. The predicted octanol–water partition coefficient (Wildman–Crippen LogP) is 3.10. The van der Waals surface area contributed by atoms with Gasteiger partial charge in [-0.05, 0) is 40.2 Å². The van der Waals surface area contributed by atoms with E-state index in [-0.39, 0.29) is 12.4 Å². The average Bonchev–Trinajstić information content (AvgIpc) is 2.58. The molecule has 6 nitrogen and oxygen atoms in total. The fourth-order valence-corrected chi connectivity index (χ4v) is 2.90. The summed E-state index contributed by atoms with van der Waals surface area (Å²) in [5, 5.41) is 14.1. The van der Waals surface area contributed by atoms with Gasteiger partial charge in [0, 0.05) is 10.6 Å². The van der Waals surface area contributed by atoms with Gasteiger partial charge in [0.2, 0.25) is 6.10 Å². The highest BCUT2D eigenvalue weighted by atomic mass is 79.9. The van der Waals surface area contributed by atoms with Crippen molar-refractivity contribution in [3.8, 4) is 17.2 Å². The molecular formula is C16H12BrClN2O4. The van der Waals surface area contributed by atoms with Gasteiger partial charge in [-0.3, -0.25) is 4.79 Å². The number of nitrogens with zero attached hydrogens (tertiary/aromatic N) is 1. The van der Waals surface area contributed by atoms with Gasteiger partial charge < -0.3 is 14.6 Å². The van der Waals surface area contributed by atoms with E-state index >= 15 is 0 Å². The van der Waals surface area contributed by atoms with Crippen LogP contribution in [0, 0.1) is 0 Å². The quantitative estimate of drug-likeness (QED) is 0.601. The van der Waals surface area contributed by atoms with Gasteiger partial charge in [0.25, 0.3) is 5.91 Å². The maximum atomic E-state index is 12.1. The largest absolute Gasteiger partial charge is 0.506 e. The first-order valence-corrected chi connectivity index (χ1v) is 8.11. The lowest BCUT2D eigenvalue weighted by molar-refractivity contribution is -0.130. The number of phenols is 1. The Hall–Kier alpha value is -2.25. The highest BCUT2D eigenvalue weighted by molar-refractivity contribution is 9.10. The molecule has 0 aromatic heterocycles. The number of hydrazone groups is 1. The van der Waals surface area contributed by atoms with Crippen LogP contribution >= 0.6 is 27.5 Å². The van der Waals surface area contributed by atoms with Crippen molar-refractivity contribution in [1.29, 1.82) is 0 Å². The van der Waals surface area contributed by atoms with Gasteiger partial charge in [-0.1, -0.05) is 23.7 Å². The topological polar surface area (TPSA) is 80.2 Å². The number of hydrogen-bond donors (Lipinski definition) is 2. The van der Waals surface area contributed by atoms with Crippen LogP contribution in [0.2, 0.25) is 5.02 Å². The second-order valence-electron chi connectivity index (χ2n) is 4.92. The van der Waals surface area contributed by atoms with Crippen LogP contribution in [0.25, 0.3) is 0 Å². The number of aromatic hydroxyl groups is 1. The van der Waals surface area contributed by atoms with Crippen molar-refractivity contribution in [2.24, 2.45) is 5.10 Å². The molecule has 0 saturated carbocycles. The van der Waals surface area contributed by atoms with Crippen molar-refractivity contribution in [3.05, 3.63) is 51.5 Å².